The van der Waals surface area contributed by atoms with Gasteiger partial charge in [0.15, 0.2) is 6.10 Å². The predicted octanol–water partition coefficient (Wildman–Crippen LogP) is 6.75. The quantitative estimate of drug-likeness (QED) is 0.217. The Morgan fingerprint density at radius 3 is 2.00 bits per heavy atom. The number of aromatic nitrogens is 2. The molecular formula is C32H27F9N4O6. The second-order valence-corrected chi connectivity index (χ2v) is 12.1. The summed E-state index contributed by atoms with van der Waals surface area (Å²) in [5.41, 5.74) is -6.46. The van der Waals surface area contributed by atoms with Gasteiger partial charge in [-0.25, -0.2) is 9.97 Å². The van der Waals surface area contributed by atoms with Crippen LogP contribution in [0.25, 0.3) is 0 Å². The maximum Gasteiger partial charge on any atom is 0.573 e. The molecular weight excluding hydrogens is 707 g/mol. The molecule has 1 unspecified atom stereocenters. The average molecular weight is 735 g/mol. The van der Waals surface area contributed by atoms with Crippen molar-refractivity contribution in [3.05, 3.63) is 83.4 Å². The molecule has 2 aliphatic heterocycles. The fraction of sp³-hybridized carbons (Fsp3) is 0.406. The van der Waals surface area contributed by atoms with E-state index in [1.165, 1.54) is 13.8 Å². The van der Waals surface area contributed by atoms with Crippen LogP contribution in [0.2, 0.25) is 0 Å². The highest BCUT2D eigenvalue weighted by Gasteiger charge is 2.67. The number of anilines is 1. The first-order valence-electron chi connectivity index (χ1n) is 15.1. The van der Waals surface area contributed by atoms with Crippen molar-refractivity contribution >= 4 is 23.5 Å². The third-order valence-electron chi connectivity index (χ3n) is 8.02. The van der Waals surface area contributed by atoms with Crippen molar-refractivity contribution in [2.75, 3.05) is 4.90 Å². The summed E-state index contributed by atoms with van der Waals surface area (Å²) in [6, 6.07) is 6.38. The Bertz CT molecular complexity index is 1780. The lowest BCUT2D eigenvalue weighted by Crippen LogP contribution is -2.66. The predicted molar refractivity (Wildman–Crippen MR) is 155 cm³/mol. The summed E-state index contributed by atoms with van der Waals surface area (Å²) in [5, 5.41) is 2.74. The van der Waals surface area contributed by atoms with Crippen molar-refractivity contribution in [3.63, 3.8) is 0 Å². The van der Waals surface area contributed by atoms with Gasteiger partial charge in [0.05, 0.1) is 16.8 Å². The maximum atomic E-state index is 14.8. The van der Waals surface area contributed by atoms with Crippen LogP contribution in [-0.4, -0.2) is 46.0 Å². The molecule has 19 heteroatoms. The zero-order chi connectivity index (χ0) is 37.6. The number of hydrogen-bond acceptors (Lipinski definition) is 9. The van der Waals surface area contributed by atoms with Crippen LogP contribution in [-0.2, 0) is 41.7 Å². The number of halogens is 9. The molecule has 0 spiro atoms. The van der Waals surface area contributed by atoms with Crippen LogP contribution in [0.5, 0.6) is 5.75 Å². The average Bonchev–Trinajstić information content (AvgIpc) is 3.24. The number of rotatable bonds is 6. The fourth-order valence-electron chi connectivity index (χ4n) is 5.80. The molecule has 0 aliphatic carbocycles. The molecule has 1 N–H and O–H groups in total. The van der Waals surface area contributed by atoms with E-state index in [0.29, 0.717) is 12.1 Å². The number of alkyl halides is 9. The molecule has 1 amide bonds. The summed E-state index contributed by atoms with van der Waals surface area (Å²) in [6.07, 6.45) is -16.4. The third kappa shape index (κ3) is 8.02. The summed E-state index contributed by atoms with van der Waals surface area (Å²) in [4.78, 5) is 49.0. The van der Waals surface area contributed by atoms with Gasteiger partial charge < -0.3 is 14.2 Å². The summed E-state index contributed by atoms with van der Waals surface area (Å²) in [7, 11) is 0. The van der Waals surface area contributed by atoms with Crippen LogP contribution < -0.4 is 15.0 Å². The van der Waals surface area contributed by atoms with Crippen molar-refractivity contribution in [2.24, 2.45) is 0 Å². The number of ether oxygens (including phenoxy) is 3. The van der Waals surface area contributed by atoms with E-state index in [-0.39, 0.29) is 42.6 Å². The first kappa shape index (κ1) is 37.3. The number of fused-ring (bicyclic) bond motifs is 1. The molecule has 10 nitrogen and oxygen atoms in total. The summed E-state index contributed by atoms with van der Waals surface area (Å²) >= 11 is 0. The number of carbonyl (C=O) groups is 3. The van der Waals surface area contributed by atoms with Crippen molar-refractivity contribution in [1.29, 1.82) is 0 Å². The first-order chi connectivity index (χ1) is 23.6. The fourth-order valence-corrected chi connectivity index (χ4v) is 5.80. The third-order valence-corrected chi connectivity index (χ3v) is 8.02. The molecule has 3 atom stereocenters. The minimum absolute atomic E-state index is 0.0634. The van der Waals surface area contributed by atoms with Crippen LogP contribution in [0.1, 0.15) is 68.2 Å². The zero-order valence-electron chi connectivity index (χ0n) is 26.4. The van der Waals surface area contributed by atoms with E-state index in [1.54, 1.807) is 0 Å². The lowest BCUT2D eigenvalue weighted by Gasteiger charge is -2.40. The van der Waals surface area contributed by atoms with E-state index in [0.717, 1.165) is 53.6 Å². The van der Waals surface area contributed by atoms with Gasteiger partial charge in [0.1, 0.15) is 11.8 Å². The van der Waals surface area contributed by atoms with Crippen molar-refractivity contribution in [3.8, 4) is 5.75 Å². The Balaban J connectivity index is 1.73. The number of amides is 1. The largest absolute Gasteiger partial charge is 0.573 e. The number of hydrogen-bond donors (Lipinski definition) is 1. The van der Waals surface area contributed by atoms with Gasteiger partial charge in [-0.1, -0.05) is 12.1 Å². The lowest BCUT2D eigenvalue weighted by atomic mass is 9.92. The maximum absolute atomic E-state index is 14.8. The molecule has 0 saturated carbocycles. The first-order valence-corrected chi connectivity index (χ1v) is 15.1. The molecule has 51 heavy (non-hydrogen) atoms. The molecule has 274 valence electrons. The number of benzene rings is 2. The standard InChI is InChI=1S/C32H27F9N4O6/c1-28(2,21-15-16-42-26(43-21)31(36,37)38)44-29-25(49-22(46)5-3-4-6-23(47)51-29)24(17-7-13-20(14-8-17)50-32(39,40)41)45(27(29)48)19-11-9-18(10-12-19)30(33,34)35/h7-16,24-25,44H,3-6H2,1-2H3/t24-,25?,29-/m1/s1. The lowest BCUT2D eigenvalue weighted by molar-refractivity contribution is -0.274. The van der Waals surface area contributed by atoms with Crippen LogP contribution in [0.15, 0.2) is 60.8 Å². The molecule has 1 aromatic heterocycles. The van der Waals surface area contributed by atoms with Crippen LogP contribution in [0, 0.1) is 0 Å². The molecule has 0 radical (unpaired) electrons. The SMILES string of the molecule is CC(C)(N[C@@]12OC(=O)CCCCC(=O)OC1[C@@H](c1ccc(OC(F)(F)F)cc1)N(c1ccc(C(F)(F)F)cc1)C2=O)c1ccnc(C(F)(F)F)n1. The van der Waals surface area contributed by atoms with E-state index in [2.05, 4.69) is 20.0 Å². The molecule has 2 aromatic carbocycles. The van der Waals surface area contributed by atoms with Gasteiger partial charge in [-0.3, -0.25) is 24.6 Å². The van der Waals surface area contributed by atoms with Crippen LogP contribution in [0.4, 0.5) is 45.2 Å². The number of nitrogens with one attached hydrogen (secondary N) is 1. The Morgan fingerprint density at radius 2 is 1.43 bits per heavy atom. The molecule has 0 bridgehead atoms. The van der Waals surface area contributed by atoms with Gasteiger partial charge in [-0.2, -0.15) is 26.3 Å². The Labute approximate surface area is 282 Å². The van der Waals surface area contributed by atoms with Crippen molar-refractivity contribution in [2.45, 2.75) is 81.7 Å². The smallest absolute Gasteiger partial charge is 0.453 e. The second-order valence-electron chi connectivity index (χ2n) is 12.1. The van der Waals surface area contributed by atoms with E-state index >= 15 is 0 Å². The minimum Gasteiger partial charge on any atom is -0.453 e. The highest BCUT2D eigenvalue weighted by Crippen LogP contribution is 2.48. The Kier molecular flexibility index (Phi) is 9.74. The highest BCUT2D eigenvalue weighted by molar-refractivity contribution is 6.05. The molecule has 2 saturated heterocycles. The van der Waals surface area contributed by atoms with Gasteiger partial charge in [-0.05, 0) is 74.7 Å². The van der Waals surface area contributed by atoms with E-state index < -0.39 is 77.1 Å². The summed E-state index contributed by atoms with van der Waals surface area (Å²) < 4.78 is 136. The van der Waals surface area contributed by atoms with Gasteiger partial charge >= 0.3 is 30.7 Å². The van der Waals surface area contributed by atoms with E-state index in [1.807, 2.05) is 0 Å². The Hall–Kier alpha value is -4.94. The number of nitrogens with zero attached hydrogens (tertiary/aromatic N) is 3. The Morgan fingerprint density at radius 1 is 0.824 bits per heavy atom. The van der Waals surface area contributed by atoms with E-state index in [4.69, 9.17) is 9.47 Å². The summed E-state index contributed by atoms with van der Waals surface area (Å²) in [6.45, 7) is 2.53. The van der Waals surface area contributed by atoms with Crippen LogP contribution in [0.3, 0.4) is 0 Å². The van der Waals surface area contributed by atoms with Crippen molar-refractivity contribution in [1.82, 2.24) is 15.3 Å². The second kappa shape index (κ2) is 13.3. The van der Waals surface area contributed by atoms with Gasteiger partial charge in [-0.15, -0.1) is 13.2 Å². The zero-order valence-corrected chi connectivity index (χ0v) is 26.4. The molecule has 2 fully saturated rings. The molecule has 2 aliphatic rings. The van der Waals surface area contributed by atoms with Gasteiger partial charge in [0.25, 0.3) is 11.6 Å². The van der Waals surface area contributed by atoms with Gasteiger partial charge in [0.2, 0.25) is 5.82 Å². The molecule has 5 rings (SSSR count). The van der Waals surface area contributed by atoms with E-state index in [9.17, 15) is 53.9 Å². The number of esters is 2. The van der Waals surface area contributed by atoms with Crippen molar-refractivity contribution < 1.29 is 68.1 Å². The van der Waals surface area contributed by atoms with Crippen LogP contribution >= 0.6 is 0 Å². The number of carbonyl (C=O) groups excluding carboxylic acids is 3. The normalized spacial score (nSPS) is 22.3. The monoisotopic (exact) mass is 734 g/mol. The highest BCUT2D eigenvalue weighted by atomic mass is 19.4. The summed E-state index contributed by atoms with van der Waals surface area (Å²) in [5.74, 6) is -5.43. The van der Waals surface area contributed by atoms with Gasteiger partial charge in [0, 0.05) is 24.7 Å². The topological polar surface area (TPSA) is 120 Å². The molecule has 3 aromatic rings. The molecule has 3 heterocycles. The minimum atomic E-state index is -5.09.